The lowest BCUT2D eigenvalue weighted by Crippen LogP contribution is -2.47. The summed E-state index contributed by atoms with van der Waals surface area (Å²) in [5.74, 6) is 1.09. The number of amides is 2. The first kappa shape index (κ1) is 32.3. The standard InChI is InChI=1S/C36H43N3O5/c1-25(40)12-6-4-9-17-33(38-34(41)19-18-26-22-28(43-2)24-29(23-26)44-3)36(42)37-21-20-31-30-15-10-11-16-32(30)39-35(31)27-13-7-5-8-14-27/h5,7-8,10-11,13-16,22-24,33,39H,4,6,9,12,17-21H2,1-3H3,(H,37,42)(H,38,41)/t33-/m0/s1. The van der Waals surface area contributed by atoms with Gasteiger partial charge in [0.1, 0.15) is 23.3 Å². The van der Waals surface area contributed by atoms with Gasteiger partial charge >= 0.3 is 0 Å². The van der Waals surface area contributed by atoms with Gasteiger partial charge in [-0.1, -0.05) is 61.4 Å². The molecule has 3 N–H and O–H groups in total. The smallest absolute Gasteiger partial charge is 0.242 e. The number of aromatic amines is 1. The fourth-order valence-electron chi connectivity index (χ4n) is 5.45. The predicted molar refractivity (Wildman–Crippen MR) is 174 cm³/mol. The SMILES string of the molecule is COc1cc(CCC(=O)N[C@@H](CCCCCC(C)=O)C(=O)NCCc2c(-c3ccccc3)[nH]c3ccccc23)cc(OC)c1. The first-order valence-electron chi connectivity index (χ1n) is 15.3. The Hall–Kier alpha value is -4.59. The molecular formula is C36H43N3O5. The lowest BCUT2D eigenvalue weighted by molar-refractivity contribution is -0.129. The fraction of sp³-hybridized carbons (Fsp3) is 0.361. The summed E-state index contributed by atoms with van der Waals surface area (Å²) in [5, 5.41) is 7.18. The van der Waals surface area contributed by atoms with Crippen LogP contribution in [0.4, 0.5) is 0 Å². The van der Waals surface area contributed by atoms with Crippen LogP contribution in [0, 0.1) is 0 Å². The molecule has 2 amide bonds. The minimum absolute atomic E-state index is 0.161. The first-order valence-corrected chi connectivity index (χ1v) is 15.3. The largest absolute Gasteiger partial charge is 0.497 e. The summed E-state index contributed by atoms with van der Waals surface area (Å²) in [6.45, 7) is 2.02. The Morgan fingerprint density at radius 3 is 2.23 bits per heavy atom. The third-order valence-electron chi connectivity index (χ3n) is 7.78. The number of hydrogen-bond acceptors (Lipinski definition) is 5. The number of unbranched alkanes of at least 4 members (excludes halogenated alkanes) is 2. The maximum atomic E-state index is 13.4. The topological polar surface area (TPSA) is 110 Å². The predicted octanol–water partition coefficient (Wildman–Crippen LogP) is 6.17. The lowest BCUT2D eigenvalue weighted by atomic mass is 10.0. The fourth-order valence-corrected chi connectivity index (χ4v) is 5.45. The number of carbonyl (C=O) groups is 3. The molecule has 1 atom stereocenters. The van der Waals surface area contributed by atoms with E-state index in [2.05, 4.69) is 39.9 Å². The number of hydrogen-bond donors (Lipinski definition) is 3. The van der Waals surface area contributed by atoms with Crippen LogP contribution in [0.2, 0.25) is 0 Å². The summed E-state index contributed by atoms with van der Waals surface area (Å²) in [6, 6.07) is 23.2. The van der Waals surface area contributed by atoms with Crippen molar-refractivity contribution in [2.45, 2.75) is 64.3 Å². The number of aryl methyl sites for hydroxylation is 1. The zero-order valence-electron chi connectivity index (χ0n) is 25.9. The van der Waals surface area contributed by atoms with Gasteiger partial charge in [-0.2, -0.15) is 0 Å². The van der Waals surface area contributed by atoms with E-state index in [4.69, 9.17) is 9.47 Å². The molecule has 0 fully saturated rings. The van der Waals surface area contributed by atoms with E-state index >= 15 is 0 Å². The van der Waals surface area contributed by atoms with Crippen LogP contribution >= 0.6 is 0 Å². The molecule has 44 heavy (non-hydrogen) atoms. The van der Waals surface area contributed by atoms with Crippen LogP contribution < -0.4 is 20.1 Å². The molecule has 232 valence electrons. The van der Waals surface area contributed by atoms with E-state index < -0.39 is 6.04 Å². The Morgan fingerprint density at radius 2 is 1.52 bits per heavy atom. The summed E-state index contributed by atoms with van der Waals surface area (Å²) >= 11 is 0. The van der Waals surface area contributed by atoms with Gasteiger partial charge in [0.25, 0.3) is 0 Å². The minimum atomic E-state index is -0.656. The summed E-state index contributed by atoms with van der Waals surface area (Å²) in [7, 11) is 3.18. The normalized spacial score (nSPS) is 11.6. The Morgan fingerprint density at radius 1 is 0.818 bits per heavy atom. The molecule has 0 radical (unpaired) electrons. The van der Waals surface area contributed by atoms with Crippen molar-refractivity contribution in [3.8, 4) is 22.8 Å². The molecule has 8 heteroatoms. The number of carbonyl (C=O) groups excluding carboxylic acids is 3. The molecule has 3 aromatic carbocycles. The van der Waals surface area contributed by atoms with Gasteiger partial charge in [-0.05, 0) is 67.5 Å². The number of nitrogens with one attached hydrogen (secondary N) is 3. The summed E-state index contributed by atoms with van der Waals surface area (Å²) < 4.78 is 10.7. The van der Waals surface area contributed by atoms with Gasteiger partial charge in [-0.15, -0.1) is 0 Å². The van der Waals surface area contributed by atoms with Crippen molar-refractivity contribution in [2.24, 2.45) is 0 Å². The maximum absolute atomic E-state index is 13.4. The Balaban J connectivity index is 1.40. The monoisotopic (exact) mass is 597 g/mol. The third-order valence-corrected chi connectivity index (χ3v) is 7.78. The molecule has 0 spiro atoms. The summed E-state index contributed by atoms with van der Waals surface area (Å²) in [5.41, 5.74) is 5.25. The van der Waals surface area contributed by atoms with Crippen LogP contribution in [0.5, 0.6) is 11.5 Å². The summed E-state index contributed by atoms with van der Waals surface area (Å²) in [6.07, 6.45) is 4.70. The molecule has 0 aliphatic carbocycles. The highest BCUT2D eigenvalue weighted by Crippen LogP contribution is 2.30. The zero-order valence-corrected chi connectivity index (χ0v) is 25.9. The number of methoxy groups -OCH3 is 2. The van der Waals surface area contributed by atoms with E-state index in [1.165, 1.54) is 0 Å². The quantitative estimate of drug-likeness (QED) is 0.126. The number of ether oxygens (including phenoxy) is 2. The number of ketones is 1. The van der Waals surface area contributed by atoms with Gasteiger partial charge in [0.15, 0.2) is 0 Å². The van der Waals surface area contributed by atoms with Gasteiger partial charge in [-0.25, -0.2) is 0 Å². The first-order chi connectivity index (χ1) is 21.4. The van der Waals surface area contributed by atoms with Crippen LogP contribution in [-0.4, -0.2) is 49.4 Å². The molecule has 0 saturated heterocycles. The van der Waals surface area contributed by atoms with Crippen molar-refractivity contribution in [3.63, 3.8) is 0 Å². The molecule has 0 aliphatic rings. The molecule has 0 saturated carbocycles. The van der Waals surface area contributed by atoms with Crippen molar-refractivity contribution in [1.29, 1.82) is 0 Å². The van der Waals surface area contributed by atoms with Crippen molar-refractivity contribution < 1.29 is 23.9 Å². The van der Waals surface area contributed by atoms with Crippen LogP contribution in [0.1, 0.15) is 56.6 Å². The Bertz CT molecular complexity index is 1520. The Kier molecular flexibility index (Phi) is 12.0. The highest BCUT2D eigenvalue weighted by molar-refractivity contribution is 5.91. The van der Waals surface area contributed by atoms with E-state index in [-0.39, 0.29) is 24.0 Å². The van der Waals surface area contributed by atoms with Crippen LogP contribution in [0.25, 0.3) is 22.2 Å². The van der Waals surface area contributed by atoms with Crippen molar-refractivity contribution in [3.05, 3.63) is 83.9 Å². The second-order valence-electron chi connectivity index (χ2n) is 11.1. The number of benzene rings is 3. The number of rotatable bonds is 17. The molecule has 1 heterocycles. The van der Waals surface area contributed by atoms with Crippen LogP contribution in [0.15, 0.2) is 72.8 Å². The molecule has 0 bridgehead atoms. The number of para-hydroxylation sites is 1. The summed E-state index contributed by atoms with van der Waals surface area (Å²) in [4.78, 5) is 41.3. The number of Topliss-reactive ketones (excluding diaryl/α,β-unsaturated/α-hetero) is 1. The van der Waals surface area contributed by atoms with Gasteiger partial charge in [0.2, 0.25) is 11.8 Å². The van der Waals surface area contributed by atoms with Gasteiger partial charge in [0.05, 0.1) is 14.2 Å². The van der Waals surface area contributed by atoms with Gasteiger partial charge < -0.3 is 29.9 Å². The van der Waals surface area contributed by atoms with E-state index in [1.54, 1.807) is 27.2 Å². The van der Waals surface area contributed by atoms with Crippen molar-refractivity contribution in [2.75, 3.05) is 20.8 Å². The van der Waals surface area contributed by atoms with Crippen LogP contribution in [-0.2, 0) is 27.2 Å². The second-order valence-corrected chi connectivity index (χ2v) is 11.1. The van der Waals surface area contributed by atoms with Crippen LogP contribution in [0.3, 0.4) is 0 Å². The van der Waals surface area contributed by atoms with E-state index in [0.717, 1.165) is 52.5 Å². The molecule has 1 aromatic heterocycles. The van der Waals surface area contributed by atoms with Gasteiger partial charge in [-0.3, -0.25) is 9.59 Å². The maximum Gasteiger partial charge on any atom is 0.242 e. The number of aromatic nitrogens is 1. The molecule has 0 aliphatic heterocycles. The van der Waals surface area contributed by atoms with Gasteiger partial charge in [0, 0.05) is 42.0 Å². The second kappa shape index (κ2) is 16.3. The van der Waals surface area contributed by atoms with E-state index in [0.29, 0.717) is 43.7 Å². The van der Waals surface area contributed by atoms with Crippen molar-refractivity contribution >= 4 is 28.5 Å². The van der Waals surface area contributed by atoms with Crippen molar-refractivity contribution in [1.82, 2.24) is 15.6 Å². The number of H-pyrrole nitrogens is 1. The molecule has 0 unspecified atom stereocenters. The average Bonchev–Trinajstić information content (AvgIpc) is 3.41. The van der Waals surface area contributed by atoms with E-state index in [1.807, 2.05) is 42.5 Å². The molecule has 4 rings (SSSR count). The number of fused-ring (bicyclic) bond motifs is 1. The molecule has 8 nitrogen and oxygen atoms in total. The highest BCUT2D eigenvalue weighted by Gasteiger charge is 2.21. The zero-order chi connectivity index (χ0) is 31.3. The average molecular weight is 598 g/mol. The lowest BCUT2D eigenvalue weighted by Gasteiger charge is -2.19. The molecular weight excluding hydrogens is 554 g/mol. The van der Waals surface area contributed by atoms with E-state index in [9.17, 15) is 14.4 Å². The Labute approximate surface area is 259 Å². The minimum Gasteiger partial charge on any atom is -0.497 e. The highest BCUT2D eigenvalue weighted by atomic mass is 16.5. The third kappa shape index (κ3) is 9.20. The molecule has 4 aromatic rings.